The minimum absolute atomic E-state index is 0.122. The topological polar surface area (TPSA) is 49.3 Å². The Kier molecular flexibility index (Phi) is 5.40. The standard InChI is InChI=1S/C16H23NO2/c18-11-10-13-6-8-15(9-7-13)17-16(19)12-14-4-2-1-3-5-14/h1-5,13,15,18H,6-12H2,(H,17,19). The van der Waals surface area contributed by atoms with Crippen LogP contribution in [0.25, 0.3) is 0 Å². The lowest BCUT2D eigenvalue weighted by Crippen LogP contribution is -2.38. The van der Waals surface area contributed by atoms with E-state index in [2.05, 4.69) is 5.32 Å². The van der Waals surface area contributed by atoms with E-state index in [0.717, 1.165) is 37.7 Å². The van der Waals surface area contributed by atoms with Crippen molar-refractivity contribution in [2.24, 2.45) is 5.92 Å². The first kappa shape index (κ1) is 14.1. The maximum atomic E-state index is 11.9. The zero-order chi connectivity index (χ0) is 13.5. The van der Waals surface area contributed by atoms with Crippen LogP contribution in [0.1, 0.15) is 37.7 Å². The number of benzene rings is 1. The quantitative estimate of drug-likeness (QED) is 0.854. The van der Waals surface area contributed by atoms with E-state index in [0.29, 0.717) is 18.4 Å². The molecule has 1 aromatic rings. The lowest BCUT2D eigenvalue weighted by molar-refractivity contribution is -0.121. The molecule has 19 heavy (non-hydrogen) atoms. The van der Waals surface area contributed by atoms with Crippen LogP contribution in [0.2, 0.25) is 0 Å². The molecule has 1 aliphatic rings. The first-order chi connectivity index (χ1) is 9.28. The Morgan fingerprint density at radius 1 is 1.16 bits per heavy atom. The molecule has 1 fully saturated rings. The van der Waals surface area contributed by atoms with Gasteiger partial charge in [0.05, 0.1) is 6.42 Å². The summed E-state index contributed by atoms with van der Waals surface area (Å²) in [7, 11) is 0. The molecule has 2 N–H and O–H groups in total. The summed E-state index contributed by atoms with van der Waals surface area (Å²) in [5.74, 6) is 0.768. The molecule has 0 bridgehead atoms. The number of rotatable bonds is 5. The molecule has 0 radical (unpaired) electrons. The van der Waals surface area contributed by atoms with Gasteiger partial charge in [-0.3, -0.25) is 4.79 Å². The first-order valence-corrected chi connectivity index (χ1v) is 7.22. The molecular weight excluding hydrogens is 238 g/mol. The average molecular weight is 261 g/mol. The zero-order valence-corrected chi connectivity index (χ0v) is 11.3. The van der Waals surface area contributed by atoms with Gasteiger partial charge in [0.25, 0.3) is 0 Å². The van der Waals surface area contributed by atoms with Crippen LogP contribution in [0, 0.1) is 5.92 Å². The third-order valence-corrected chi connectivity index (χ3v) is 3.96. The minimum Gasteiger partial charge on any atom is -0.396 e. The van der Waals surface area contributed by atoms with Crippen molar-refractivity contribution < 1.29 is 9.90 Å². The first-order valence-electron chi connectivity index (χ1n) is 7.22. The maximum Gasteiger partial charge on any atom is 0.224 e. The summed E-state index contributed by atoms with van der Waals surface area (Å²) in [4.78, 5) is 11.9. The van der Waals surface area contributed by atoms with Crippen molar-refractivity contribution in [3.8, 4) is 0 Å². The molecule has 0 aliphatic heterocycles. The summed E-state index contributed by atoms with van der Waals surface area (Å²) < 4.78 is 0. The number of hydrogen-bond acceptors (Lipinski definition) is 2. The SMILES string of the molecule is O=C(Cc1ccccc1)NC1CCC(CCO)CC1. The van der Waals surface area contributed by atoms with Gasteiger partial charge in [0.1, 0.15) is 0 Å². The summed E-state index contributed by atoms with van der Waals surface area (Å²) in [6.45, 7) is 0.287. The highest BCUT2D eigenvalue weighted by Crippen LogP contribution is 2.26. The fourth-order valence-electron chi connectivity index (χ4n) is 2.84. The third kappa shape index (κ3) is 4.67. The van der Waals surface area contributed by atoms with Crippen LogP contribution in [0.3, 0.4) is 0 Å². The van der Waals surface area contributed by atoms with Crippen LogP contribution in [0.15, 0.2) is 30.3 Å². The summed E-state index contributed by atoms with van der Waals surface area (Å²) in [5.41, 5.74) is 1.06. The predicted octanol–water partition coefficient (Wildman–Crippen LogP) is 2.29. The summed E-state index contributed by atoms with van der Waals surface area (Å²) in [6.07, 6.45) is 5.71. The summed E-state index contributed by atoms with van der Waals surface area (Å²) >= 11 is 0. The normalized spacial score (nSPS) is 23.0. The van der Waals surface area contributed by atoms with Crippen molar-refractivity contribution in [1.29, 1.82) is 0 Å². The van der Waals surface area contributed by atoms with Crippen molar-refractivity contribution in [2.75, 3.05) is 6.61 Å². The Morgan fingerprint density at radius 3 is 2.47 bits per heavy atom. The van der Waals surface area contributed by atoms with E-state index in [1.165, 1.54) is 0 Å². The predicted molar refractivity (Wildman–Crippen MR) is 75.7 cm³/mol. The van der Waals surface area contributed by atoms with E-state index in [1.807, 2.05) is 30.3 Å². The Morgan fingerprint density at radius 2 is 1.84 bits per heavy atom. The van der Waals surface area contributed by atoms with Crippen LogP contribution in [0.4, 0.5) is 0 Å². The van der Waals surface area contributed by atoms with Gasteiger partial charge in [-0.1, -0.05) is 30.3 Å². The lowest BCUT2D eigenvalue weighted by atomic mass is 9.84. The Balaban J connectivity index is 1.72. The van der Waals surface area contributed by atoms with Crippen molar-refractivity contribution >= 4 is 5.91 Å². The molecule has 0 aromatic heterocycles. The molecule has 1 saturated carbocycles. The molecule has 0 spiro atoms. The number of carbonyl (C=O) groups excluding carboxylic acids is 1. The van der Waals surface area contributed by atoms with Gasteiger partial charge < -0.3 is 10.4 Å². The Bertz CT molecular complexity index is 383. The lowest BCUT2D eigenvalue weighted by Gasteiger charge is -2.28. The summed E-state index contributed by atoms with van der Waals surface area (Å²) in [6, 6.07) is 10.2. The van der Waals surface area contributed by atoms with Gasteiger partial charge in [0.2, 0.25) is 5.91 Å². The molecule has 0 unspecified atom stereocenters. The number of aliphatic hydroxyl groups excluding tert-OH is 1. The van der Waals surface area contributed by atoms with Gasteiger partial charge in [0, 0.05) is 12.6 Å². The molecule has 1 amide bonds. The molecule has 2 rings (SSSR count). The van der Waals surface area contributed by atoms with Gasteiger partial charge in [-0.05, 0) is 43.6 Å². The fraction of sp³-hybridized carbons (Fsp3) is 0.562. The maximum absolute atomic E-state index is 11.9. The second-order valence-corrected chi connectivity index (χ2v) is 5.46. The zero-order valence-electron chi connectivity index (χ0n) is 11.3. The van der Waals surface area contributed by atoms with Gasteiger partial charge in [0.15, 0.2) is 0 Å². The van der Waals surface area contributed by atoms with Gasteiger partial charge in [-0.15, -0.1) is 0 Å². The molecule has 3 heteroatoms. The average Bonchev–Trinajstić information content (AvgIpc) is 2.42. The van der Waals surface area contributed by atoms with Crippen LogP contribution < -0.4 is 5.32 Å². The van der Waals surface area contributed by atoms with Crippen molar-refractivity contribution in [3.05, 3.63) is 35.9 Å². The molecule has 104 valence electrons. The van der Waals surface area contributed by atoms with E-state index >= 15 is 0 Å². The Labute approximate surface area is 115 Å². The third-order valence-electron chi connectivity index (χ3n) is 3.96. The highest BCUT2D eigenvalue weighted by molar-refractivity contribution is 5.78. The Hall–Kier alpha value is -1.35. The molecule has 3 nitrogen and oxygen atoms in total. The highest BCUT2D eigenvalue weighted by Gasteiger charge is 2.21. The van der Waals surface area contributed by atoms with Crippen molar-refractivity contribution in [3.63, 3.8) is 0 Å². The molecule has 0 atom stereocenters. The number of carbonyl (C=O) groups is 1. The van der Waals surface area contributed by atoms with E-state index in [1.54, 1.807) is 0 Å². The van der Waals surface area contributed by atoms with Crippen LogP contribution in [0.5, 0.6) is 0 Å². The smallest absolute Gasteiger partial charge is 0.224 e. The molecule has 1 aliphatic carbocycles. The van der Waals surface area contributed by atoms with Crippen LogP contribution >= 0.6 is 0 Å². The van der Waals surface area contributed by atoms with Crippen molar-refractivity contribution in [1.82, 2.24) is 5.32 Å². The fourth-order valence-corrected chi connectivity index (χ4v) is 2.84. The van der Waals surface area contributed by atoms with Crippen LogP contribution in [-0.4, -0.2) is 23.7 Å². The van der Waals surface area contributed by atoms with E-state index in [9.17, 15) is 4.79 Å². The summed E-state index contributed by atoms with van der Waals surface area (Å²) in [5, 5.41) is 12.1. The van der Waals surface area contributed by atoms with Gasteiger partial charge >= 0.3 is 0 Å². The van der Waals surface area contributed by atoms with E-state index < -0.39 is 0 Å². The molecule has 0 saturated heterocycles. The second kappa shape index (κ2) is 7.29. The molecule has 1 aromatic carbocycles. The number of nitrogens with one attached hydrogen (secondary N) is 1. The van der Waals surface area contributed by atoms with E-state index in [4.69, 9.17) is 5.11 Å². The monoisotopic (exact) mass is 261 g/mol. The number of amides is 1. The van der Waals surface area contributed by atoms with Crippen LogP contribution in [-0.2, 0) is 11.2 Å². The largest absolute Gasteiger partial charge is 0.396 e. The number of aliphatic hydroxyl groups is 1. The minimum atomic E-state index is 0.122. The van der Waals surface area contributed by atoms with Gasteiger partial charge in [-0.25, -0.2) is 0 Å². The van der Waals surface area contributed by atoms with Crippen molar-refractivity contribution in [2.45, 2.75) is 44.6 Å². The number of hydrogen-bond donors (Lipinski definition) is 2. The van der Waals surface area contributed by atoms with E-state index in [-0.39, 0.29) is 12.5 Å². The van der Waals surface area contributed by atoms with Gasteiger partial charge in [-0.2, -0.15) is 0 Å². The highest BCUT2D eigenvalue weighted by atomic mass is 16.3. The molecule has 0 heterocycles. The second-order valence-electron chi connectivity index (χ2n) is 5.46. The molecular formula is C16H23NO2.